The molecule has 96 valence electrons. The first kappa shape index (κ1) is 13.3. The Morgan fingerprint density at radius 2 is 2.53 bits per heavy atom. The molecule has 1 aromatic heterocycles. The Morgan fingerprint density at radius 1 is 1.71 bits per heavy atom. The first-order valence-corrected chi connectivity index (χ1v) is 7.51. The number of hydrogen-bond donors (Lipinski definition) is 0. The summed E-state index contributed by atoms with van der Waals surface area (Å²) in [5, 5.41) is 3.22. The van der Waals surface area contributed by atoms with Crippen molar-refractivity contribution < 1.29 is 4.74 Å². The van der Waals surface area contributed by atoms with E-state index in [9.17, 15) is 0 Å². The minimum atomic E-state index is 0.366. The van der Waals surface area contributed by atoms with Crippen molar-refractivity contribution in [2.24, 2.45) is 0 Å². The molecule has 1 saturated heterocycles. The van der Waals surface area contributed by atoms with Gasteiger partial charge < -0.3 is 4.74 Å². The lowest BCUT2D eigenvalue weighted by molar-refractivity contribution is -0.0273. The molecule has 17 heavy (non-hydrogen) atoms. The number of rotatable bonds is 4. The fourth-order valence-corrected chi connectivity index (χ4v) is 3.37. The third-order valence-corrected chi connectivity index (χ3v) is 4.64. The maximum absolute atomic E-state index is 5.80. The van der Waals surface area contributed by atoms with Gasteiger partial charge in [0.15, 0.2) is 0 Å². The average Bonchev–Trinajstić information content (AvgIpc) is 2.86. The highest BCUT2D eigenvalue weighted by Gasteiger charge is 2.28. The van der Waals surface area contributed by atoms with Crippen LogP contribution in [-0.4, -0.2) is 35.7 Å². The topological polar surface area (TPSA) is 25.4 Å². The Morgan fingerprint density at radius 3 is 3.18 bits per heavy atom. The lowest BCUT2D eigenvalue weighted by Gasteiger charge is -2.38. The van der Waals surface area contributed by atoms with Gasteiger partial charge in [-0.05, 0) is 13.3 Å². The highest BCUT2D eigenvalue weighted by molar-refractivity contribution is 7.09. The number of morpholine rings is 1. The summed E-state index contributed by atoms with van der Waals surface area (Å²) in [6, 6.07) is 0.882. The molecule has 2 rings (SSSR count). The van der Waals surface area contributed by atoms with E-state index in [1.807, 2.05) is 0 Å². The summed E-state index contributed by atoms with van der Waals surface area (Å²) in [6.07, 6.45) is 1.12. The molecule has 0 radical (unpaired) electrons. The van der Waals surface area contributed by atoms with Crippen LogP contribution in [0, 0.1) is 0 Å². The van der Waals surface area contributed by atoms with Crippen LogP contribution < -0.4 is 0 Å². The summed E-state index contributed by atoms with van der Waals surface area (Å²) in [5.74, 6) is 0.504. The smallest absolute Gasteiger partial charge is 0.110 e. The monoisotopic (exact) mass is 274 g/mol. The zero-order chi connectivity index (χ0) is 12.3. The predicted octanol–water partition coefficient (Wildman–Crippen LogP) is 3.05. The summed E-state index contributed by atoms with van der Waals surface area (Å²) in [4.78, 5) is 7.08. The summed E-state index contributed by atoms with van der Waals surface area (Å²) in [6.45, 7) is 7.11. The molecule has 1 aliphatic rings. The van der Waals surface area contributed by atoms with E-state index in [0.29, 0.717) is 18.0 Å². The largest absolute Gasteiger partial charge is 0.378 e. The van der Waals surface area contributed by atoms with Gasteiger partial charge in [-0.3, -0.25) is 4.90 Å². The van der Waals surface area contributed by atoms with Crippen LogP contribution in [0.5, 0.6) is 0 Å². The first-order chi connectivity index (χ1) is 8.26. The van der Waals surface area contributed by atoms with E-state index < -0.39 is 0 Å². The molecule has 5 heteroatoms. The van der Waals surface area contributed by atoms with Crippen LogP contribution in [0.25, 0.3) is 0 Å². The van der Waals surface area contributed by atoms with Gasteiger partial charge in [0.2, 0.25) is 0 Å². The lowest BCUT2D eigenvalue weighted by atomic mass is 10.1. The van der Waals surface area contributed by atoms with Gasteiger partial charge in [-0.25, -0.2) is 4.98 Å². The standard InChI is InChI=1S/C12H19ClN2OS/c1-3-11-7-16-5-4-15(11)9(2)12-14-10(6-13)8-17-12/h8-9,11H,3-7H2,1-2H3. The Kier molecular flexibility index (Phi) is 4.79. The fraction of sp³-hybridized carbons (Fsp3) is 0.750. The van der Waals surface area contributed by atoms with Crippen molar-refractivity contribution in [2.45, 2.75) is 38.2 Å². The minimum Gasteiger partial charge on any atom is -0.378 e. The Bertz CT molecular complexity index is 358. The van der Waals surface area contributed by atoms with Gasteiger partial charge in [0.1, 0.15) is 5.01 Å². The van der Waals surface area contributed by atoms with Crippen LogP contribution in [0.4, 0.5) is 0 Å². The van der Waals surface area contributed by atoms with E-state index in [1.54, 1.807) is 11.3 Å². The molecular formula is C12H19ClN2OS. The highest BCUT2D eigenvalue weighted by atomic mass is 35.5. The van der Waals surface area contributed by atoms with Crippen molar-refractivity contribution in [3.8, 4) is 0 Å². The molecule has 2 unspecified atom stereocenters. The summed E-state index contributed by atoms with van der Waals surface area (Å²) < 4.78 is 5.54. The maximum Gasteiger partial charge on any atom is 0.110 e. The van der Waals surface area contributed by atoms with Gasteiger partial charge >= 0.3 is 0 Å². The molecular weight excluding hydrogens is 256 g/mol. The van der Waals surface area contributed by atoms with Crippen molar-refractivity contribution in [3.63, 3.8) is 0 Å². The molecule has 2 atom stereocenters. The second-order valence-electron chi connectivity index (χ2n) is 4.36. The molecule has 0 amide bonds. The lowest BCUT2D eigenvalue weighted by Crippen LogP contribution is -2.46. The van der Waals surface area contributed by atoms with Crippen LogP contribution >= 0.6 is 22.9 Å². The zero-order valence-electron chi connectivity index (χ0n) is 10.4. The number of nitrogens with zero attached hydrogens (tertiary/aromatic N) is 2. The number of aromatic nitrogens is 1. The molecule has 0 aliphatic carbocycles. The molecule has 1 aliphatic heterocycles. The SMILES string of the molecule is CCC1COCCN1C(C)c1nc(CCl)cs1. The third kappa shape index (κ3) is 2.99. The zero-order valence-corrected chi connectivity index (χ0v) is 11.9. The van der Waals surface area contributed by atoms with Crippen LogP contribution in [0.1, 0.15) is 37.0 Å². The number of halogens is 1. The number of ether oxygens (including phenoxy) is 1. The molecule has 0 N–H and O–H groups in total. The van der Waals surface area contributed by atoms with Gasteiger partial charge in [-0.2, -0.15) is 0 Å². The first-order valence-electron chi connectivity index (χ1n) is 6.10. The maximum atomic E-state index is 5.80. The minimum absolute atomic E-state index is 0.366. The van der Waals surface area contributed by atoms with Crippen molar-refractivity contribution in [3.05, 3.63) is 16.1 Å². The Hall–Kier alpha value is -0.160. The number of alkyl halides is 1. The van der Waals surface area contributed by atoms with E-state index in [2.05, 4.69) is 29.1 Å². The third-order valence-electron chi connectivity index (χ3n) is 3.31. The summed E-state index contributed by atoms with van der Waals surface area (Å²) in [7, 11) is 0. The van der Waals surface area contributed by atoms with Crippen molar-refractivity contribution in [1.82, 2.24) is 9.88 Å². The van der Waals surface area contributed by atoms with Crippen LogP contribution in [0.3, 0.4) is 0 Å². The fourth-order valence-electron chi connectivity index (χ4n) is 2.25. The molecule has 0 spiro atoms. The second kappa shape index (κ2) is 6.14. The van der Waals surface area contributed by atoms with Gasteiger partial charge in [0, 0.05) is 18.0 Å². The Labute approximate surface area is 112 Å². The summed E-state index contributed by atoms with van der Waals surface area (Å²) >= 11 is 7.51. The van der Waals surface area contributed by atoms with E-state index in [-0.39, 0.29) is 0 Å². The van der Waals surface area contributed by atoms with Crippen molar-refractivity contribution >= 4 is 22.9 Å². The van der Waals surface area contributed by atoms with Gasteiger partial charge in [-0.1, -0.05) is 6.92 Å². The van der Waals surface area contributed by atoms with E-state index in [1.165, 1.54) is 5.01 Å². The Balaban J connectivity index is 2.09. The molecule has 0 saturated carbocycles. The van der Waals surface area contributed by atoms with Gasteiger partial charge in [0.25, 0.3) is 0 Å². The van der Waals surface area contributed by atoms with E-state index in [4.69, 9.17) is 16.3 Å². The molecule has 2 heterocycles. The highest BCUT2D eigenvalue weighted by Crippen LogP contribution is 2.28. The summed E-state index contributed by atoms with van der Waals surface area (Å²) in [5.41, 5.74) is 0.986. The average molecular weight is 275 g/mol. The second-order valence-corrected chi connectivity index (χ2v) is 5.52. The molecule has 1 fully saturated rings. The van der Waals surface area contributed by atoms with Crippen molar-refractivity contribution in [2.75, 3.05) is 19.8 Å². The molecule has 0 aromatic carbocycles. The van der Waals surface area contributed by atoms with Gasteiger partial charge in [-0.15, -0.1) is 22.9 Å². The van der Waals surface area contributed by atoms with E-state index >= 15 is 0 Å². The van der Waals surface area contributed by atoms with E-state index in [0.717, 1.165) is 31.9 Å². The van der Waals surface area contributed by atoms with Gasteiger partial charge in [0.05, 0.1) is 30.8 Å². The predicted molar refractivity (Wildman–Crippen MR) is 71.7 cm³/mol. The normalized spacial score (nSPS) is 23.8. The number of thiazole rings is 1. The van der Waals surface area contributed by atoms with Crippen molar-refractivity contribution in [1.29, 1.82) is 0 Å². The molecule has 3 nitrogen and oxygen atoms in total. The number of hydrogen-bond acceptors (Lipinski definition) is 4. The van der Waals surface area contributed by atoms with Crippen LogP contribution in [0.2, 0.25) is 0 Å². The quantitative estimate of drug-likeness (QED) is 0.789. The van der Waals surface area contributed by atoms with Crippen LogP contribution in [0.15, 0.2) is 5.38 Å². The molecule has 1 aromatic rings. The van der Waals surface area contributed by atoms with Crippen LogP contribution in [-0.2, 0) is 10.6 Å². The molecule has 0 bridgehead atoms.